The molecule has 1 aromatic carbocycles. The highest BCUT2D eigenvalue weighted by Gasteiger charge is 2.25. The Kier molecular flexibility index (Phi) is 5.80. The van der Waals surface area contributed by atoms with Crippen LogP contribution >= 0.6 is 0 Å². The third-order valence-corrected chi connectivity index (χ3v) is 4.81. The summed E-state index contributed by atoms with van der Waals surface area (Å²) in [6.45, 7) is 0.642. The van der Waals surface area contributed by atoms with Gasteiger partial charge in [0.1, 0.15) is 17.2 Å². The molecular formula is C18H21F2N5O2. The Labute approximate surface area is 154 Å². The monoisotopic (exact) mass is 377 g/mol. The van der Waals surface area contributed by atoms with E-state index in [0.29, 0.717) is 12.5 Å². The number of benzene rings is 1. The first-order valence-electron chi connectivity index (χ1n) is 8.79. The molecule has 0 unspecified atom stereocenters. The lowest BCUT2D eigenvalue weighted by atomic mass is 9.86. The van der Waals surface area contributed by atoms with Gasteiger partial charge in [-0.2, -0.15) is 5.10 Å². The van der Waals surface area contributed by atoms with E-state index in [4.69, 9.17) is 5.73 Å². The van der Waals surface area contributed by atoms with Crippen LogP contribution in [0.3, 0.4) is 0 Å². The van der Waals surface area contributed by atoms with Crippen molar-refractivity contribution in [2.24, 2.45) is 11.7 Å². The average Bonchev–Trinajstić information content (AvgIpc) is 3.10. The molecule has 9 heteroatoms. The maximum atomic E-state index is 13.7. The largest absolute Gasteiger partial charge is 0.348 e. The summed E-state index contributed by atoms with van der Waals surface area (Å²) in [6.07, 6.45) is 4.81. The predicted octanol–water partition coefficient (Wildman–Crippen LogP) is 2.19. The average molecular weight is 377 g/mol. The van der Waals surface area contributed by atoms with Crippen molar-refractivity contribution >= 4 is 17.5 Å². The summed E-state index contributed by atoms with van der Waals surface area (Å²) in [6, 6.07) is 3.14. The highest BCUT2D eigenvalue weighted by molar-refractivity contribution is 6.08. The highest BCUT2D eigenvalue weighted by atomic mass is 19.1. The minimum absolute atomic E-state index is 0.00423. The van der Waals surface area contributed by atoms with Crippen molar-refractivity contribution in [3.63, 3.8) is 0 Å². The Morgan fingerprint density at radius 3 is 2.44 bits per heavy atom. The zero-order chi connectivity index (χ0) is 19.4. The molecule has 1 aliphatic rings. The summed E-state index contributed by atoms with van der Waals surface area (Å²) in [4.78, 5) is 24.7. The van der Waals surface area contributed by atoms with E-state index >= 15 is 0 Å². The van der Waals surface area contributed by atoms with Gasteiger partial charge in [-0.05, 0) is 50.3 Å². The molecule has 0 saturated heterocycles. The number of nitrogens with zero attached hydrogens (tertiary/aromatic N) is 1. The van der Waals surface area contributed by atoms with Gasteiger partial charge in [0.05, 0.1) is 5.69 Å². The van der Waals surface area contributed by atoms with Crippen LogP contribution in [0.25, 0.3) is 0 Å². The predicted molar refractivity (Wildman–Crippen MR) is 95.2 cm³/mol. The number of nitrogens with two attached hydrogens (primary N) is 1. The maximum Gasteiger partial charge on any atom is 0.274 e. The number of hydrogen-bond donors (Lipinski definition) is 4. The van der Waals surface area contributed by atoms with Gasteiger partial charge in [0.25, 0.3) is 11.8 Å². The Bertz CT molecular complexity index is 811. The first kappa shape index (κ1) is 19.0. The second kappa shape index (κ2) is 8.26. The van der Waals surface area contributed by atoms with Crippen LogP contribution in [-0.4, -0.2) is 34.6 Å². The highest BCUT2D eigenvalue weighted by Crippen LogP contribution is 2.24. The van der Waals surface area contributed by atoms with Gasteiger partial charge in [0.2, 0.25) is 0 Å². The molecule has 1 saturated carbocycles. The summed E-state index contributed by atoms with van der Waals surface area (Å²) in [7, 11) is 0. The van der Waals surface area contributed by atoms with Crippen molar-refractivity contribution in [1.29, 1.82) is 0 Å². The summed E-state index contributed by atoms with van der Waals surface area (Å²) in [5, 5.41) is 11.5. The van der Waals surface area contributed by atoms with E-state index in [-0.39, 0.29) is 17.4 Å². The minimum atomic E-state index is -0.996. The molecule has 3 rings (SSSR count). The SMILES string of the molecule is NC[C@H]1CC[C@H](NC(=O)c2n[nH]cc2NC(=O)c2c(F)cccc2F)CC1. The number of nitrogens with one attached hydrogen (secondary N) is 3. The maximum absolute atomic E-state index is 13.7. The molecule has 1 fully saturated rings. The van der Waals surface area contributed by atoms with Crippen LogP contribution < -0.4 is 16.4 Å². The van der Waals surface area contributed by atoms with Crippen LogP contribution in [-0.2, 0) is 0 Å². The molecule has 5 N–H and O–H groups in total. The number of carbonyl (C=O) groups is 2. The van der Waals surface area contributed by atoms with E-state index in [0.717, 1.165) is 43.9 Å². The smallest absolute Gasteiger partial charge is 0.274 e. The molecule has 144 valence electrons. The van der Waals surface area contributed by atoms with Crippen molar-refractivity contribution in [2.45, 2.75) is 31.7 Å². The standard InChI is InChI=1S/C18H21F2N5O2/c19-12-2-1-3-13(20)15(12)17(26)24-14-9-22-25-16(14)18(27)23-11-6-4-10(8-21)5-7-11/h1-3,9-11H,4-8,21H2,(H,22,25)(H,23,27)(H,24,26)/t10-,11-. The Hall–Kier alpha value is -2.81. The lowest BCUT2D eigenvalue weighted by Gasteiger charge is -2.28. The van der Waals surface area contributed by atoms with E-state index in [1.54, 1.807) is 0 Å². The number of carbonyl (C=O) groups excluding carboxylic acids is 2. The Morgan fingerprint density at radius 2 is 1.81 bits per heavy atom. The third kappa shape index (κ3) is 4.30. The summed E-state index contributed by atoms with van der Waals surface area (Å²) in [5.41, 5.74) is 4.96. The molecule has 0 spiro atoms. The van der Waals surface area contributed by atoms with Gasteiger partial charge < -0.3 is 16.4 Å². The number of amides is 2. The molecule has 2 amide bonds. The molecule has 1 aromatic heterocycles. The van der Waals surface area contributed by atoms with Crippen LogP contribution in [0.1, 0.15) is 46.5 Å². The summed E-state index contributed by atoms with van der Waals surface area (Å²) in [5.74, 6) is -2.95. The van der Waals surface area contributed by atoms with Gasteiger partial charge in [0, 0.05) is 12.2 Å². The first-order valence-corrected chi connectivity index (χ1v) is 8.79. The quantitative estimate of drug-likeness (QED) is 0.640. The Balaban J connectivity index is 1.67. The number of hydrogen-bond acceptors (Lipinski definition) is 4. The van der Waals surface area contributed by atoms with E-state index in [1.807, 2.05) is 0 Å². The fourth-order valence-corrected chi connectivity index (χ4v) is 3.25. The lowest BCUT2D eigenvalue weighted by Crippen LogP contribution is -2.39. The van der Waals surface area contributed by atoms with Crippen molar-refractivity contribution in [1.82, 2.24) is 15.5 Å². The fraction of sp³-hybridized carbons (Fsp3) is 0.389. The van der Waals surface area contributed by atoms with E-state index in [2.05, 4.69) is 20.8 Å². The molecule has 1 heterocycles. The lowest BCUT2D eigenvalue weighted by molar-refractivity contribution is 0.0918. The van der Waals surface area contributed by atoms with E-state index in [9.17, 15) is 18.4 Å². The molecule has 0 aliphatic heterocycles. The summed E-state index contributed by atoms with van der Waals surface area (Å²) >= 11 is 0. The number of halogens is 2. The fourth-order valence-electron chi connectivity index (χ4n) is 3.25. The van der Waals surface area contributed by atoms with E-state index < -0.39 is 29.0 Å². The van der Waals surface area contributed by atoms with Gasteiger partial charge in [-0.3, -0.25) is 14.7 Å². The topological polar surface area (TPSA) is 113 Å². The van der Waals surface area contributed by atoms with Gasteiger partial charge >= 0.3 is 0 Å². The van der Waals surface area contributed by atoms with Crippen LogP contribution in [0.4, 0.5) is 14.5 Å². The first-order chi connectivity index (χ1) is 13.0. The number of H-pyrrole nitrogens is 1. The van der Waals surface area contributed by atoms with Crippen molar-refractivity contribution in [3.8, 4) is 0 Å². The Morgan fingerprint density at radius 1 is 1.15 bits per heavy atom. The molecule has 27 heavy (non-hydrogen) atoms. The van der Waals surface area contributed by atoms with Gasteiger partial charge in [0.15, 0.2) is 5.69 Å². The molecule has 1 aliphatic carbocycles. The second-order valence-corrected chi connectivity index (χ2v) is 6.63. The zero-order valence-electron chi connectivity index (χ0n) is 14.6. The number of aromatic nitrogens is 2. The molecule has 2 aromatic rings. The van der Waals surface area contributed by atoms with E-state index in [1.165, 1.54) is 6.20 Å². The number of anilines is 1. The van der Waals surface area contributed by atoms with Crippen LogP contribution in [0.5, 0.6) is 0 Å². The normalized spacial score (nSPS) is 19.5. The molecule has 0 radical (unpaired) electrons. The van der Waals surface area contributed by atoms with Crippen molar-refractivity contribution < 1.29 is 18.4 Å². The van der Waals surface area contributed by atoms with Crippen molar-refractivity contribution in [3.05, 3.63) is 47.3 Å². The number of rotatable bonds is 5. The molecule has 7 nitrogen and oxygen atoms in total. The van der Waals surface area contributed by atoms with Crippen molar-refractivity contribution in [2.75, 3.05) is 11.9 Å². The summed E-state index contributed by atoms with van der Waals surface area (Å²) < 4.78 is 27.5. The van der Waals surface area contributed by atoms with Crippen LogP contribution in [0, 0.1) is 17.6 Å². The molecule has 0 bridgehead atoms. The number of aromatic amines is 1. The third-order valence-electron chi connectivity index (χ3n) is 4.81. The van der Waals surface area contributed by atoms with Crippen LogP contribution in [0.15, 0.2) is 24.4 Å². The minimum Gasteiger partial charge on any atom is -0.348 e. The van der Waals surface area contributed by atoms with Gasteiger partial charge in [-0.25, -0.2) is 8.78 Å². The zero-order valence-corrected chi connectivity index (χ0v) is 14.6. The van der Waals surface area contributed by atoms with Gasteiger partial charge in [-0.15, -0.1) is 0 Å². The molecule has 0 atom stereocenters. The molecular weight excluding hydrogens is 356 g/mol. The second-order valence-electron chi connectivity index (χ2n) is 6.63. The van der Waals surface area contributed by atoms with Crippen LogP contribution in [0.2, 0.25) is 0 Å². The van der Waals surface area contributed by atoms with Gasteiger partial charge in [-0.1, -0.05) is 6.07 Å².